The second kappa shape index (κ2) is 6.76. The van der Waals surface area contributed by atoms with Crippen LogP contribution in [-0.2, 0) is 11.2 Å². The van der Waals surface area contributed by atoms with E-state index >= 15 is 0 Å². The van der Waals surface area contributed by atoms with E-state index in [0.29, 0.717) is 0 Å². The summed E-state index contributed by atoms with van der Waals surface area (Å²) >= 11 is 6.56. The molecule has 0 aliphatic heterocycles. The molecular weight excluding hydrogens is 256 g/mol. The molecule has 1 aromatic rings. The van der Waals surface area contributed by atoms with Crippen LogP contribution in [0.2, 0.25) is 0 Å². The van der Waals surface area contributed by atoms with E-state index in [2.05, 4.69) is 31.2 Å². The first-order chi connectivity index (χ1) is 9.19. The summed E-state index contributed by atoms with van der Waals surface area (Å²) in [5, 5.41) is 0.0699. The molecule has 1 aliphatic carbocycles. The van der Waals surface area contributed by atoms with Gasteiger partial charge in [-0.05, 0) is 49.7 Å². The molecule has 0 bridgehead atoms. The highest BCUT2D eigenvalue weighted by atomic mass is 35.5. The number of alkyl halides is 1. The predicted molar refractivity (Wildman–Crippen MR) is 81.9 cm³/mol. The summed E-state index contributed by atoms with van der Waals surface area (Å²) in [7, 11) is 1.82. The van der Waals surface area contributed by atoms with Crippen molar-refractivity contribution in [2.45, 2.75) is 62.8 Å². The Labute approximate surface area is 122 Å². The molecule has 1 fully saturated rings. The van der Waals surface area contributed by atoms with Crippen LogP contribution in [0.5, 0.6) is 0 Å². The summed E-state index contributed by atoms with van der Waals surface area (Å²) in [4.78, 5) is 0. The first-order valence-corrected chi connectivity index (χ1v) is 7.91. The van der Waals surface area contributed by atoms with E-state index in [4.69, 9.17) is 16.3 Å². The molecule has 19 heavy (non-hydrogen) atoms. The van der Waals surface area contributed by atoms with E-state index in [-0.39, 0.29) is 11.0 Å². The van der Waals surface area contributed by atoms with Crippen molar-refractivity contribution in [1.29, 1.82) is 0 Å². The number of benzene rings is 1. The Morgan fingerprint density at radius 2 is 1.95 bits per heavy atom. The van der Waals surface area contributed by atoms with Crippen LogP contribution < -0.4 is 0 Å². The first-order valence-electron chi connectivity index (χ1n) is 7.47. The van der Waals surface area contributed by atoms with Gasteiger partial charge in [-0.25, -0.2) is 0 Å². The van der Waals surface area contributed by atoms with E-state index in [0.717, 1.165) is 19.3 Å². The Hall–Kier alpha value is -0.530. The number of rotatable bonds is 7. The van der Waals surface area contributed by atoms with Gasteiger partial charge in [0.1, 0.15) is 0 Å². The maximum absolute atomic E-state index is 6.56. The van der Waals surface area contributed by atoms with Crippen LogP contribution in [-0.4, -0.2) is 12.7 Å². The quantitative estimate of drug-likeness (QED) is 0.618. The van der Waals surface area contributed by atoms with Gasteiger partial charge in [-0.2, -0.15) is 0 Å². The van der Waals surface area contributed by atoms with Crippen molar-refractivity contribution in [1.82, 2.24) is 0 Å². The number of halogens is 1. The van der Waals surface area contributed by atoms with Crippen molar-refractivity contribution in [3.05, 3.63) is 35.4 Å². The Kier molecular flexibility index (Phi) is 5.29. The van der Waals surface area contributed by atoms with Crippen molar-refractivity contribution in [2.75, 3.05) is 7.11 Å². The number of methoxy groups -OCH3 is 1. The Morgan fingerprint density at radius 3 is 2.42 bits per heavy atom. The van der Waals surface area contributed by atoms with Crippen molar-refractivity contribution >= 4 is 11.6 Å². The Bertz CT molecular complexity index is 375. The third kappa shape index (κ3) is 3.73. The molecule has 1 aromatic carbocycles. The van der Waals surface area contributed by atoms with Crippen molar-refractivity contribution < 1.29 is 4.74 Å². The molecule has 1 saturated carbocycles. The lowest BCUT2D eigenvalue weighted by Gasteiger charge is -2.41. The number of hydrogen-bond donors (Lipinski definition) is 0. The topological polar surface area (TPSA) is 9.23 Å². The summed E-state index contributed by atoms with van der Waals surface area (Å²) in [6.07, 6.45) is 8.19. The number of ether oxygens (including phenoxy) is 1. The van der Waals surface area contributed by atoms with Crippen LogP contribution in [0.1, 0.15) is 62.0 Å². The molecule has 0 heterocycles. The predicted octanol–water partition coefficient (Wildman–Crippen LogP) is 5.27. The van der Waals surface area contributed by atoms with Crippen molar-refractivity contribution in [3.63, 3.8) is 0 Å². The summed E-state index contributed by atoms with van der Waals surface area (Å²) in [5.74, 6) is 0. The van der Waals surface area contributed by atoms with Gasteiger partial charge in [0.25, 0.3) is 0 Å². The van der Waals surface area contributed by atoms with Gasteiger partial charge in [0.05, 0.1) is 11.0 Å². The Morgan fingerprint density at radius 1 is 1.26 bits per heavy atom. The maximum atomic E-state index is 6.56. The number of unbranched alkanes of at least 4 members (excludes halogenated alkanes) is 1. The summed E-state index contributed by atoms with van der Waals surface area (Å²) in [5.41, 5.74) is 2.69. The Balaban J connectivity index is 1.93. The normalized spacial score (nSPS) is 18.9. The lowest BCUT2D eigenvalue weighted by molar-refractivity contribution is -0.0780. The second-order valence-electron chi connectivity index (χ2n) is 5.76. The molecule has 0 saturated heterocycles. The van der Waals surface area contributed by atoms with E-state index in [1.807, 2.05) is 7.11 Å². The zero-order valence-electron chi connectivity index (χ0n) is 12.1. The minimum Gasteiger partial charge on any atom is -0.378 e. The standard InChI is InChI=1S/C17H25ClO/c1-3-4-6-14-7-9-15(10-8-14)16(18)13-17(19-2)11-5-12-17/h7-10,16H,3-6,11-13H2,1-2H3. The highest BCUT2D eigenvalue weighted by molar-refractivity contribution is 6.20. The number of hydrogen-bond acceptors (Lipinski definition) is 1. The average Bonchev–Trinajstić information content (AvgIpc) is 2.41. The van der Waals surface area contributed by atoms with E-state index < -0.39 is 0 Å². The fourth-order valence-electron chi connectivity index (χ4n) is 2.78. The van der Waals surface area contributed by atoms with Crippen LogP contribution in [0.15, 0.2) is 24.3 Å². The fraction of sp³-hybridized carbons (Fsp3) is 0.647. The molecule has 0 aromatic heterocycles. The fourth-order valence-corrected chi connectivity index (χ4v) is 3.21. The molecule has 1 aliphatic rings. The van der Waals surface area contributed by atoms with E-state index in [1.54, 1.807) is 0 Å². The highest BCUT2D eigenvalue weighted by Crippen LogP contribution is 2.43. The molecule has 1 nitrogen and oxygen atoms in total. The van der Waals surface area contributed by atoms with Gasteiger partial charge in [0, 0.05) is 7.11 Å². The van der Waals surface area contributed by atoms with Gasteiger partial charge in [0.15, 0.2) is 0 Å². The monoisotopic (exact) mass is 280 g/mol. The zero-order chi connectivity index (χ0) is 13.7. The van der Waals surface area contributed by atoms with E-state index in [1.165, 1.54) is 36.8 Å². The summed E-state index contributed by atoms with van der Waals surface area (Å²) in [6, 6.07) is 8.82. The molecule has 2 rings (SSSR count). The van der Waals surface area contributed by atoms with Crippen LogP contribution in [0.4, 0.5) is 0 Å². The molecule has 1 unspecified atom stereocenters. The second-order valence-corrected chi connectivity index (χ2v) is 6.28. The minimum atomic E-state index is 0.0489. The van der Waals surface area contributed by atoms with Crippen LogP contribution in [0, 0.1) is 0 Å². The summed E-state index contributed by atoms with van der Waals surface area (Å²) < 4.78 is 5.66. The lowest BCUT2D eigenvalue weighted by Crippen LogP contribution is -2.39. The SMILES string of the molecule is CCCCc1ccc(C(Cl)CC2(OC)CCC2)cc1. The molecule has 106 valence electrons. The smallest absolute Gasteiger partial charge is 0.0696 e. The minimum absolute atomic E-state index is 0.0489. The molecule has 0 amide bonds. The molecular formula is C17H25ClO. The molecule has 1 atom stereocenters. The lowest BCUT2D eigenvalue weighted by atomic mass is 9.76. The first kappa shape index (κ1) is 14.9. The third-order valence-electron chi connectivity index (χ3n) is 4.41. The van der Waals surface area contributed by atoms with Crippen molar-refractivity contribution in [2.24, 2.45) is 0 Å². The van der Waals surface area contributed by atoms with Crippen LogP contribution >= 0.6 is 11.6 Å². The molecule has 0 radical (unpaired) electrons. The van der Waals surface area contributed by atoms with E-state index in [9.17, 15) is 0 Å². The molecule has 0 spiro atoms. The third-order valence-corrected chi connectivity index (χ3v) is 4.82. The van der Waals surface area contributed by atoms with Gasteiger partial charge < -0.3 is 4.74 Å². The van der Waals surface area contributed by atoms with Gasteiger partial charge >= 0.3 is 0 Å². The van der Waals surface area contributed by atoms with Gasteiger partial charge in [0.2, 0.25) is 0 Å². The highest BCUT2D eigenvalue weighted by Gasteiger charge is 2.38. The van der Waals surface area contributed by atoms with Crippen molar-refractivity contribution in [3.8, 4) is 0 Å². The zero-order valence-corrected chi connectivity index (χ0v) is 12.9. The molecule has 2 heteroatoms. The number of aryl methyl sites for hydroxylation is 1. The summed E-state index contributed by atoms with van der Waals surface area (Å²) in [6.45, 7) is 2.23. The average molecular weight is 281 g/mol. The van der Waals surface area contributed by atoms with Crippen LogP contribution in [0.25, 0.3) is 0 Å². The van der Waals surface area contributed by atoms with Crippen LogP contribution in [0.3, 0.4) is 0 Å². The molecule has 0 N–H and O–H groups in total. The largest absolute Gasteiger partial charge is 0.378 e. The maximum Gasteiger partial charge on any atom is 0.0696 e. The van der Waals surface area contributed by atoms with Gasteiger partial charge in [-0.15, -0.1) is 11.6 Å². The van der Waals surface area contributed by atoms with Gasteiger partial charge in [-0.3, -0.25) is 0 Å². The van der Waals surface area contributed by atoms with Gasteiger partial charge in [-0.1, -0.05) is 37.6 Å².